The van der Waals surface area contributed by atoms with Gasteiger partial charge in [0.15, 0.2) is 5.69 Å². The van der Waals surface area contributed by atoms with E-state index in [2.05, 4.69) is 15.6 Å². The molecule has 0 atom stereocenters. The van der Waals surface area contributed by atoms with Gasteiger partial charge in [0.2, 0.25) is 0 Å². The zero-order valence-electron chi connectivity index (χ0n) is 17.1. The number of para-hydroxylation sites is 2. The zero-order chi connectivity index (χ0) is 21.4. The van der Waals surface area contributed by atoms with E-state index in [1.54, 1.807) is 11.8 Å². The summed E-state index contributed by atoms with van der Waals surface area (Å²) in [4.78, 5) is 13.2. The quantitative estimate of drug-likeness (QED) is 0.543. The second-order valence-corrected chi connectivity index (χ2v) is 7.22. The second-order valence-electron chi connectivity index (χ2n) is 7.22. The molecule has 4 aromatic rings. The van der Waals surface area contributed by atoms with Gasteiger partial charge in [0, 0.05) is 17.2 Å². The lowest BCUT2D eigenvalue weighted by molar-refractivity contribution is 0.0935. The van der Waals surface area contributed by atoms with E-state index in [-0.39, 0.29) is 17.6 Å². The number of ether oxygens (including phenoxy) is 2. The van der Waals surface area contributed by atoms with Gasteiger partial charge < -0.3 is 14.8 Å². The van der Waals surface area contributed by atoms with Gasteiger partial charge in [0.1, 0.15) is 17.2 Å². The van der Waals surface area contributed by atoms with Crippen LogP contribution in [0.3, 0.4) is 0 Å². The molecule has 0 radical (unpaired) electrons. The first-order chi connectivity index (χ1) is 15.2. The van der Waals surface area contributed by atoms with Crippen molar-refractivity contribution in [2.24, 2.45) is 0 Å². The van der Waals surface area contributed by atoms with Gasteiger partial charge in [-0.25, -0.2) is 4.68 Å². The van der Waals surface area contributed by atoms with Crippen molar-refractivity contribution in [3.63, 3.8) is 0 Å². The number of rotatable bonds is 4. The van der Waals surface area contributed by atoms with Crippen molar-refractivity contribution < 1.29 is 14.3 Å². The van der Waals surface area contributed by atoms with Crippen molar-refractivity contribution >= 4 is 5.91 Å². The van der Waals surface area contributed by atoms with Gasteiger partial charge in [-0.3, -0.25) is 4.79 Å². The Hall–Kier alpha value is -4.13. The Morgan fingerprint density at radius 2 is 1.68 bits per heavy atom. The van der Waals surface area contributed by atoms with Crippen molar-refractivity contribution in [3.8, 4) is 22.9 Å². The summed E-state index contributed by atoms with van der Waals surface area (Å²) in [6.07, 6.45) is 0. The second kappa shape index (κ2) is 7.60. The maximum atomic E-state index is 13.2. The van der Waals surface area contributed by atoms with Gasteiger partial charge in [-0.05, 0) is 31.2 Å². The molecular weight excluding hydrogens is 392 g/mol. The Labute approximate surface area is 179 Å². The summed E-state index contributed by atoms with van der Waals surface area (Å²) >= 11 is 0. The highest BCUT2D eigenvalue weighted by Crippen LogP contribution is 2.42. The summed E-state index contributed by atoms with van der Waals surface area (Å²) in [5, 5.41) is 11.5. The molecule has 7 heteroatoms. The highest BCUT2D eigenvalue weighted by atomic mass is 16.5. The van der Waals surface area contributed by atoms with Gasteiger partial charge in [0.25, 0.3) is 5.91 Å². The van der Waals surface area contributed by atoms with E-state index in [1.165, 1.54) is 0 Å². The van der Waals surface area contributed by atoms with Crippen LogP contribution < -0.4 is 14.8 Å². The predicted octanol–water partition coefficient (Wildman–Crippen LogP) is 4.21. The van der Waals surface area contributed by atoms with Crippen LogP contribution in [0.25, 0.3) is 5.69 Å². The molecule has 0 saturated heterocycles. The summed E-state index contributed by atoms with van der Waals surface area (Å²) in [7, 11) is 1.61. The third-order valence-electron chi connectivity index (χ3n) is 5.36. The van der Waals surface area contributed by atoms with E-state index in [1.807, 2.05) is 79.7 Å². The van der Waals surface area contributed by atoms with Gasteiger partial charge in [0.05, 0.1) is 24.5 Å². The molecule has 0 spiro atoms. The summed E-state index contributed by atoms with van der Waals surface area (Å²) in [6, 6.07) is 22.5. The molecule has 0 fully saturated rings. The molecule has 3 aromatic carbocycles. The number of aromatic nitrogens is 3. The molecule has 1 aliphatic heterocycles. The molecular formula is C24H20N4O3. The number of benzene rings is 3. The van der Waals surface area contributed by atoms with Crippen LogP contribution >= 0.6 is 0 Å². The van der Waals surface area contributed by atoms with E-state index in [4.69, 9.17) is 9.47 Å². The minimum atomic E-state index is -0.352. The van der Waals surface area contributed by atoms with Gasteiger partial charge in [-0.2, -0.15) is 0 Å². The van der Waals surface area contributed by atoms with Crippen LogP contribution in [-0.4, -0.2) is 28.0 Å². The SMILES string of the molecule is COc1cccc(-n2nnc(C(=O)NC3c4ccccc4Oc4ccccc43)c2C)c1. The largest absolute Gasteiger partial charge is 0.497 e. The molecule has 7 nitrogen and oxygen atoms in total. The fraction of sp³-hybridized carbons (Fsp3) is 0.125. The first-order valence-electron chi connectivity index (χ1n) is 9.89. The van der Waals surface area contributed by atoms with Crippen molar-refractivity contribution in [1.29, 1.82) is 0 Å². The van der Waals surface area contributed by atoms with E-state index in [0.29, 0.717) is 11.4 Å². The number of hydrogen-bond donors (Lipinski definition) is 1. The van der Waals surface area contributed by atoms with Crippen LogP contribution in [0.4, 0.5) is 0 Å². The van der Waals surface area contributed by atoms with Crippen LogP contribution in [-0.2, 0) is 0 Å². The fourth-order valence-corrected chi connectivity index (χ4v) is 3.79. The van der Waals surface area contributed by atoms with Crippen LogP contribution in [0.1, 0.15) is 33.4 Å². The van der Waals surface area contributed by atoms with E-state index >= 15 is 0 Å². The molecule has 0 saturated carbocycles. The number of nitrogens with zero attached hydrogens (tertiary/aromatic N) is 3. The van der Waals surface area contributed by atoms with Crippen LogP contribution in [0.15, 0.2) is 72.8 Å². The number of amides is 1. The Morgan fingerprint density at radius 1 is 1.00 bits per heavy atom. The molecule has 0 bridgehead atoms. The zero-order valence-corrected chi connectivity index (χ0v) is 17.1. The third-order valence-corrected chi connectivity index (χ3v) is 5.36. The maximum Gasteiger partial charge on any atom is 0.274 e. The van der Waals surface area contributed by atoms with Crippen molar-refractivity contribution in [3.05, 3.63) is 95.3 Å². The van der Waals surface area contributed by atoms with E-state index < -0.39 is 0 Å². The summed E-state index contributed by atoms with van der Waals surface area (Å²) in [6.45, 7) is 1.82. The summed E-state index contributed by atoms with van der Waals surface area (Å²) < 4.78 is 12.9. The van der Waals surface area contributed by atoms with E-state index in [0.717, 1.165) is 28.3 Å². The summed E-state index contributed by atoms with van der Waals surface area (Å²) in [5.41, 5.74) is 3.47. The Bertz CT molecular complexity index is 1240. The van der Waals surface area contributed by atoms with Crippen molar-refractivity contribution in [2.45, 2.75) is 13.0 Å². The Morgan fingerprint density at radius 3 is 2.35 bits per heavy atom. The molecule has 0 unspecified atom stereocenters. The number of methoxy groups -OCH3 is 1. The monoisotopic (exact) mass is 412 g/mol. The molecule has 1 amide bonds. The maximum absolute atomic E-state index is 13.2. The Kier molecular flexibility index (Phi) is 4.63. The molecule has 31 heavy (non-hydrogen) atoms. The molecule has 1 N–H and O–H groups in total. The average molecular weight is 412 g/mol. The topological polar surface area (TPSA) is 78.3 Å². The average Bonchev–Trinajstić information content (AvgIpc) is 3.20. The van der Waals surface area contributed by atoms with Gasteiger partial charge in [-0.1, -0.05) is 47.7 Å². The molecule has 2 heterocycles. The third kappa shape index (κ3) is 3.30. The normalized spacial score (nSPS) is 12.5. The lowest BCUT2D eigenvalue weighted by Gasteiger charge is -2.28. The highest BCUT2D eigenvalue weighted by Gasteiger charge is 2.29. The highest BCUT2D eigenvalue weighted by molar-refractivity contribution is 5.94. The smallest absolute Gasteiger partial charge is 0.274 e. The fourth-order valence-electron chi connectivity index (χ4n) is 3.79. The lowest BCUT2D eigenvalue weighted by Crippen LogP contribution is -2.32. The molecule has 154 valence electrons. The minimum absolute atomic E-state index is 0.268. The molecule has 1 aromatic heterocycles. The first kappa shape index (κ1) is 18.9. The minimum Gasteiger partial charge on any atom is -0.497 e. The summed E-state index contributed by atoms with van der Waals surface area (Å²) in [5.74, 6) is 1.85. The predicted molar refractivity (Wildman–Crippen MR) is 115 cm³/mol. The number of hydrogen-bond acceptors (Lipinski definition) is 5. The van der Waals surface area contributed by atoms with Crippen LogP contribution in [0.2, 0.25) is 0 Å². The molecule has 0 aliphatic carbocycles. The van der Waals surface area contributed by atoms with Crippen LogP contribution in [0.5, 0.6) is 17.2 Å². The van der Waals surface area contributed by atoms with Gasteiger partial charge in [-0.15, -0.1) is 5.10 Å². The van der Waals surface area contributed by atoms with Gasteiger partial charge >= 0.3 is 0 Å². The Balaban J connectivity index is 1.49. The number of nitrogens with one attached hydrogen (secondary N) is 1. The molecule has 1 aliphatic rings. The number of carbonyl (C=O) groups is 1. The first-order valence-corrected chi connectivity index (χ1v) is 9.89. The number of carbonyl (C=O) groups excluding carboxylic acids is 1. The van der Waals surface area contributed by atoms with Crippen LogP contribution in [0, 0.1) is 6.92 Å². The standard InChI is InChI=1S/C24H20N4O3/c1-15-22(26-27-28(15)16-8-7-9-17(14-16)30-2)24(29)25-23-18-10-3-5-12-20(18)31-21-13-6-4-11-19(21)23/h3-14,23H,1-2H3,(H,25,29). The lowest BCUT2D eigenvalue weighted by atomic mass is 9.94. The number of fused-ring (bicyclic) bond motifs is 2. The molecule has 5 rings (SSSR count). The van der Waals surface area contributed by atoms with Crippen molar-refractivity contribution in [2.75, 3.05) is 7.11 Å². The van der Waals surface area contributed by atoms with Crippen molar-refractivity contribution in [1.82, 2.24) is 20.3 Å². The van der Waals surface area contributed by atoms with E-state index in [9.17, 15) is 4.79 Å².